The van der Waals surface area contributed by atoms with Gasteiger partial charge in [-0.05, 0) is 39.0 Å². The van der Waals surface area contributed by atoms with Gasteiger partial charge in [0.1, 0.15) is 5.60 Å². The molecule has 0 aromatic rings. The molecule has 1 saturated heterocycles. The highest BCUT2D eigenvalue weighted by molar-refractivity contribution is 5.68. The number of rotatable bonds is 0. The molecule has 0 saturated carbocycles. The van der Waals surface area contributed by atoms with Gasteiger partial charge in [0.15, 0.2) is 0 Å². The van der Waals surface area contributed by atoms with Gasteiger partial charge in [-0.3, -0.25) is 0 Å². The summed E-state index contributed by atoms with van der Waals surface area (Å²) in [7, 11) is 0. The van der Waals surface area contributed by atoms with E-state index in [4.69, 9.17) is 10.5 Å². The first-order valence-electron chi connectivity index (χ1n) is 6.33. The van der Waals surface area contributed by atoms with Gasteiger partial charge in [-0.2, -0.15) is 0 Å². The zero-order valence-electron chi connectivity index (χ0n) is 11.7. The third-order valence-electron chi connectivity index (χ3n) is 2.86. The number of hydrogen-bond donors (Lipinski definition) is 1. The van der Waals surface area contributed by atoms with E-state index < -0.39 is 5.60 Å². The molecule has 0 spiro atoms. The Balaban J connectivity index is 2.67. The molecule has 0 aromatic carbocycles. The molecule has 1 heterocycles. The number of carbonyl (C=O) groups is 1. The second-order valence-corrected chi connectivity index (χ2v) is 6.82. The van der Waals surface area contributed by atoms with E-state index in [9.17, 15) is 4.79 Å². The van der Waals surface area contributed by atoms with Gasteiger partial charge in [0.05, 0.1) is 0 Å². The van der Waals surface area contributed by atoms with Gasteiger partial charge in [-0.25, -0.2) is 4.79 Å². The van der Waals surface area contributed by atoms with Crippen LogP contribution in [0.3, 0.4) is 0 Å². The quantitative estimate of drug-likeness (QED) is 0.709. The van der Waals surface area contributed by atoms with E-state index in [2.05, 4.69) is 13.8 Å². The van der Waals surface area contributed by atoms with Gasteiger partial charge in [-0.15, -0.1) is 0 Å². The summed E-state index contributed by atoms with van der Waals surface area (Å²) in [5, 5.41) is 0. The highest BCUT2D eigenvalue weighted by atomic mass is 16.6. The summed E-state index contributed by atoms with van der Waals surface area (Å²) in [4.78, 5) is 13.8. The maximum Gasteiger partial charge on any atom is 0.410 e. The van der Waals surface area contributed by atoms with E-state index in [-0.39, 0.29) is 17.6 Å². The van der Waals surface area contributed by atoms with Gasteiger partial charge in [0.25, 0.3) is 0 Å². The molecular weight excluding hydrogens is 216 g/mol. The van der Waals surface area contributed by atoms with Crippen molar-refractivity contribution in [2.75, 3.05) is 13.1 Å². The summed E-state index contributed by atoms with van der Waals surface area (Å²) in [6.45, 7) is 11.4. The van der Waals surface area contributed by atoms with E-state index in [0.717, 1.165) is 19.4 Å². The molecule has 100 valence electrons. The van der Waals surface area contributed by atoms with Gasteiger partial charge in [0.2, 0.25) is 0 Å². The van der Waals surface area contributed by atoms with Crippen LogP contribution in [0, 0.1) is 5.41 Å². The van der Waals surface area contributed by atoms with Gasteiger partial charge in [-0.1, -0.05) is 13.8 Å². The SMILES string of the molecule is CC1(C)C[C@H](N)CCN(C(=O)OC(C)(C)C)C1. The predicted octanol–water partition coefficient (Wildman–Crippen LogP) is 2.37. The maximum absolute atomic E-state index is 12.0. The lowest BCUT2D eigenvalue weighted by Crippen LogP contribution is -2.41. The zero-order chi connectivity index (χ0) is 13.3. The largest absolute Gasteiger partial charge is 0.444 e. The van der Waals surface area contributed by atoms with Crippen LogP contribution in [0.15, 0.2) is 0 Å². The Kier molecular flexibility index (Phi) is 4.07. The Morgan fingerprint density at radius 2 is 2.00 bits per heavy atom. The zero-order valence-corrected chi connectivity index (χ0v) is 11.7. The number of nitrogens with two attached hydrogens (primary N) is 1. The third-order valence-corrected chi connectivity index (χ3v) is 2.86. The molecule has 0 aliphatic carbocycles. The Morgan fingerprint density at radius 3 is 2.53 bits per heavy atom. The predicted molar refractivity (Wildman–Crippen MR) is 68.8 cm³/mol. The fraction of sp³-hybridized carbons (Fsp3) is 0.923. The summed E-state index contributed by atoms with van der Waals surface area (Å²) in [6, 6.07) is 0.178. The lowest BCUT2D eigenvalue weighted by molar-refractivity contribution is 0.0200. The van der Waals surface area contributed by atoms with Crippen molar-refractivity contribution >= 4 is 6.09 Å². The molecule has 0 radical (unpaired) electrons. The van der Waals surface area contributed by atoms with E-state index >= 15 is 0 Å². The first kappa shape index (κ1) is 14.3. The molecule has 0 bridgehead atoms. The molecule has 1 rings (SSSR count). The van der Waals surface area contributed by atoms with Crippen LogP contribution in [0.1, 0.15) is 47.5 Å². The topological polar surface area (TPSA) is 55.6 Å². The Bertz CT molecular complexity index is 282. The molecule has 2 N–H and O–H groups in total. The minimum Gasteiger partial charge on any atom is -0.444 e. The van der Waals surface area contributed by atoms with Crippen LogP contribution in [0.4, 0.5) is 4.79 Å². The van der Waals surface area contributed by atoms with E-state index in [1.807, 2.05) is 20.8 Å². The summed E-state index contributed by atoms with van der Waals surface area (Å²) in [5.74, 6) is 0. The van der Waals surface area contributed by atoms with Gasteiger partial charge < -0.3 is 15.4 Å². The van der Waals surface area contributed by atoms with Crippen molar-refractivity contribution in [1.29, 1.82) is 0 Å². The molecule has 4 nitrogen and oxygen atoms in total. The van der Waals surface area contributed by atoms with Crippen LogP contribution in [-0.2, 0) is 4.74 Å². The molecule has 1 amide bonds. The van der Waals surface area contributed by atoms with Crippen LogP contribution in [0.2, 0.25) is 0 Å². The third kappa shape index (κ3) is 4.94. The molecule has 1 aliphatic rings. The standard InChI is InChI=1S/C13H26N2O2/c1-12(2,3)17-11(16)15-7-6-10(14)8-13(4,5)9-15/h10H,6-9,14H2,1-5H3/t10-/m1/s1. The molecule has 1 atom stereocenters. The highest BCUT2D eigenvalue weighted by Crippen LogP contribution is 2.28. The smallest absolute Gasteiger partial charge is 0.410 e. The first-order chi connectivity index (χ1) is 7.59. The Labute approximate surface area is 104 Å². The van der Waals surface area contributed by atoms with E-state index in [1.54, 1.807) is 4.90 Å². The summed E-state index contributed by atoms with van der Waals surface area (Å²) >= 11 is 0. The molecule has 4 heteroatoms. The number of likely N-dealkylation sites (tertiary alicyclic amines) is 1. The summed E-state index contributed by atoms with van der Waals surface area (Å²) in [5.41, 5.74) is 5.65. The maximum atomic E-state index is 12.0. The van der Waals surface area contributed by atoms with Crippen molar-refractivity contribution in [3.8, 4) is 0 Å². The molecular formula is C13H26N2O2. The van der Waals surface area contributed by atoms with Crippen LogP contribution in [0.5, 0.6) is 0 Å². The number of amides is 1. The minimum absolute atomic E-state index is 0.0623. The van der Waals surface area contributed by atoms with Crippen LogP contribution in [0.25, 0.3) is 0 Å². The lowest BCUT2D eigenvalue weighted by atomic mass is 9.86. The van der Waals surface area contributed by atoms with Crippen molar-refractivity contribution < 1.29 is 9.53 Å². The molecule has 0 unspecified atom stereocenters. The van der Waals surface area contributed by atoms with Crippen LogP contribution in [-0.4, -0.2) is 35.7 Å². The second kappa shape index (κ2) is 4.84. The number of hydrogen-bond acceptors (Lipinski definition) is 3. The van der Waals surface area contributed by atoms with Crippen molar-refractivity contribution in [3.63, 3.8) is 0 Å². The monoisotopic (exact) mass is 242 g/mol. The number of nitrogens with zero attached hydrogens (tertiary/aromatic N) is 1. The fourth-order valence-electron chi connectivity index (χ4n) is 2.28. The van der Waals surface area contributed by atoms with E-state index in [1.165, 1.54) is 0 Å². The fourth-order valence-corrected chi connectivity index (χ4v) is 2.28. The molecule has 1 fully saturated rings. The van der Waals surface area contributed by atoms with Crippen LogP contribution >= 0.6 is 0 Å². The molecule has 17 heavy (non-hydrogen) atoms. The molecule has 1 aliphatic heterocycles. The van der Waals surface area contributed by atoms with E-state index in [0.29, 0.717) is 6.54 Å². The Hall–Kier alpha value is -0.770. The number of carbonyl (C=O) groups excluding carboxylic acids is 1. The first-order valence-corrected chi connectivity index (χ1v) is 6.33. The van der Waals surface area contributed by atoms with Crippen molar-refractivity contribution in [2.24, 2.45) is 11.1 Å². The Morgan fingerprint density at radius 1 is 1.41 bits per heavy atom. The summed E-state index contributed by atoms with van der Waals surface area (Å²) in [6.07, 6.45) is 1.58. The van der Waals surface area contributed by atoms with Crippen molar-refractivity contribution in [2.45, 2.75) is 59.1 Å². The average molecular weight is 242 g/mol. The molecule has 0 aromatic heterocycles. The highest BCUT2D eigenvalue weighted by Gasteiger charge is 2.32. The van der Waals surface area contributed by atoms with Gasteiger partial charge >= 0.3 is 6.09 Å². The normalized spacial score (nSPS) is 25.3. The average Bonchev–Trinajstić information content (AvgIpc) is 2.20. The van der Waals surface area contributed by atoms with Gasteiger partial charge in [0, 0.05) is 19.1 Å². The second-order valence-electron chi connectivity index (χ2n) is 6.82. The number of ether oxygens (including phenoxy) is 1. The van der Waals surface area contributed by atoms with Crippen molar-refractivity contribution in [3.05, 3.63) is 0 Å². The van der Waals surface area contributed by atoms with Crippen molar-refractivity contribution in [1.82, 2.24) is 4.90 Å². The summed E-state index contributed by atoms with van der Waals surface area (Å²) < 4.78 is 5.41. The lowest BCUT2D eigenvalue weighted by Gasteiger charge is -2.31. The van der Waals surface area contributed by atoms with Crippen LogP contribution < -0.4 is 5.73 Å². The minimum atomic E-state index is -0.435.